The van der Waals surface area contributed by atoms with Crippen LogP contribution in [0.15, 0.2) is 78.9 Å². The van der Waals surface area contributed by atoms with E-state index in [-0.39, 0.29) is 16.7 Å². The lowest BCUT2D eigenvalue weighted by Gasteiger charge is -2.43. The second-order valence-electron chi connectivity index (χ2n) is 8.35. The molecule has 4 nitrogen and oxygen atoms in total. The minimum Gasteiger partial charge on any atom is -0.338 e. The van der Waals surface area contributed by atoms with E-state index in [4.69, 9.17) is 0 Å². The van der Waals surface area contributed by atoms with Crippen molar-refractivity contribution in [2.75, 3.05) is 25.4 Å². The first-order valence-electron chi connectivity index (χ1n) is 11.1. The Morgan fingerprint density at radius 1 is 0.844 bits per heavy atom. The van der Waals surface area contributed by atoms with Gasteiger partial charge in [-0.1, -0.05) is 66.7 Å². The van der Waals surface area contributed by atoms with Crippen molar-refractivity contribution in [1.82, 2.24) is 9.80 Å². The topological polar surface area (TPSA) is 40.6 Å². The van der Waals surface area contributed by atoms with Crippen molar-refractivity contribution < 1.29 is 9.59 Å². The number of thioether (sulfide) groups is 1. The number of carbonyl (C=O) groups is 2. The van der Waals surface area contributed by atoms with E-state index in [1.54, 1.807) is 6.08 Å². The summed E-state index contributed by atoms with van der Waals surface area (Å²) in [7, 11) is 0. The summed E-state index contributed by atoms with van der Waals surface area (Å²) < 4.78 is 0. The maximum absolute atomic E-state index is 13.3. The number of benzene rings is 3. The Labute approximate surface area is 192 Å². The number of likely N-dealkylation sites (tertiary alicyclic amines) is 1. The molecule has 2 heterocycles. The van der Waals surface area contributed by atoms with Crippen molar-refractivity contribution >= 4 is 40.4 Å². The van der Waals surface area contributed by atoms with Crippen LogP contribution in [0.4, 0.5) is 0 Å². The zero-order valence-corrected chi connectivity index (χ0v) is 18.8. The van der Waals surface area contributed by atoms with Crippen molar-refractivity contribution in [2.24, 2.45) is 0 Å². The molecular formula is C27H26N2O2S. The zero-order valence-electron chi connectivity index (χ0n) is 17.9. The Morgan fingerprint density at radius 2 is 1.56 bits per heavy atom. The third kappa shape index (κ3) is 3.93. The van der Waals surface area contributed by atoms with E-state index < -0.39 is 0 Å². The van der Waals surface area contributed by atoms with E-state index in [2.05, 4.69) is 0 Å². The molecule has 2 aliphatic rings. The highest BCUT2D eigenvalue weighted by Gasteiger charge is 2.46. The van der Waals surface area contributed by atoms with Crippen molar-refractivity contribution in [3.05, 3.63) is 90.0 Å². The van der Waals surface area contributed by atoms with Crippen LogP contribution >= 0.6 is 11.8 Å². The maximum atomic E-state index is 13.3. The van der Waals surface area contributed by atoms with Crippen molar-refractivity contribution in [3.63, 3.8) is 0 Å². The van der Waals surface area contributed by atoms with Gasteiger partial charge in [-0.2, -0.15) is 0 Å². The zero-order chi connectivity index (χ0) is 22.0. The van der Waals surface area contributed by atoms with Crippen molar-refractivity contribution in [1.29, 1.82) is 0 Å². The summed E-state index contributed by atoms with van der Waals surface area (Å²) in [6, 6.07) is 23.8. The van der Waals surface area contributed by atoms with E-state index in [9.17, 15) is 9.59 Å². The van der Waals surface area contributed by atoms with Gasteiger partial charge in [0.05, 0.1) is 4.87 Å². The summed E-state index contributed by atoms with van der Waals surface area (Å²) in [6.07, 6.45) is 5.19. The highest BCUT2D eigenvalue weighted by Crippen LogP contribution is 2.44. The lowest BCUT2D eigenvalue weighted by Crippen LogP contribution is -2.53. The van der Waals surface area contributed by atoms with E-state index in [1.807, 2.05) is 100 Å². The molecule has 2 amide bonds. The summed E-state index contributed by atoms with van der Waals surface area (Å²) in [5, 5.41) is 2.08. The Hall–Kier alpha value is -3.05. The van der Waals surface area contributed by atoms with Crippen molar-refractivity contribution in [3.8, 4) is 0 Å². The van der Waals surface area contributed by atoms with E-state index in [0.717, 1.165) is 47.0 Å². The fourth-order valence-electron chi connectivity index (χ4n) is 4.80. The molecule has 0 atom stereocenters. The molecule has 0 N–H and O–H groups in total. The number of amides is 2. The standard InChI is InChI=1S/C27H26N2O2S/c30-25(14-13-21-7-2-1-3-8-21)29-19-20-32-27(29)15-17-28(18-16-27)26(31)24-12-6-10-22-9-4-5-11-23(22)24/h1-14H,15-20H2/b14-13+. The maximum Gasteiger partial charge on any atom is 0.254 e. The van der Waals surface area contributed by atoms with Gasteiger partial charge in [-0.15, -0.1) is 11.8 Å². The van der Waals surface area contributed by atoms with E-state index in [1.165, 1.54) is 0 Å². The van der Waals surface area contributed by atoms with Gasteiger partial charge < -0.3 is 9.80 Å². The summed E-state index contributed by atoms with van der Waals surface area (Å²) >= 11 is 1.87. The van der Waals surface area contributed by atoms with Crippen molar-refractivity contribution in [2.45, 2.75) is 17.7 Å². The number of nitrogens with zero attached hydrogens (tertiary/aromatic N) is 2. The molecule has 2 saturated heterocycles. The van der Waals surface area contributed by atoms with Crippen LogP contribution in [0.2, 0.25) is 0 Å². The SMILES string of the molecule is O=C(c1cccc2ccccc12)N1CCC2(CC1)SCCN2C(=O)/C=C/c1ccccc1. The first kappa shape index (κ1) is 20.8. The van der Waals surface area contributed by atoms with Gasteiger partial charge in [-0.3, -0.25) is 9.59 Å². The second-order valence-corrected chi connectivity index (χ2v) is 9.80. The predicted octanol–water partition coefficient (Wildman–Crippen LogP) is 5.06. The third-order valence-electron chi connectivity index (χ3n) is 6.51. The van der Waals surface area contributed by atoms with Gasteiger partial charge >= 0.3 is 0 Å². The van der Waals surface area contributed by atoms with Crippen LogP contribution in [0.1, 0.15) is 28.8 Å². The largest absolute Gasteiger partial charge is 0.338 e. The molecule has 2 aliphatic heterocycles. The Balaban J connectivity index is 1.29. The monoisotopic (exact) mass is 442 g/mol. The highest BCUT2D eigenvalue weighted by atomic mass is 32.2. The third-order valence-corrected chi connectivity index (χ3v) is 8.07. The number of carbonyl (C=O) groups excluding carboxylic acids is 2. The summed E-state index contributed by atoms with van der Waals surface area (Å²) in [4.78, 5) is 30.1. The molecule has 5 rings (SSSR count). The first-order chi connectivity index (χ1) is 15.7. The summed E-state index contributed by atoms with van der Waals surface area (Å²) in [6.45, 7) is 2.10. The van der Waals surface area contributed by atoms with Crippen LogP contribution in [0.25, 0.3) is 16.8 Å². The summed E-state index contributed by atoms with van der Waals surface area (Å²) in [5.74, 6) is 1.09. The quantitative estimate of drug-likeness (QED) is 0.532. The Bertz CT molecular complexity index is 1160. The van der Waals surface area contributed by atoms with E-state index >= 15 is 0 Å². The van der Waals surface area contributed by atoms with Crippen LogP contribution < -0.4 is 0 Å². The predicted molar refractivity (Wildman–Crippen MR) is 131 cm³/mol. The van der Waals surface area contributed by atoms with Crippen LogP contribution in [0, 0.1) is 0 Å². The van der Waals surface area contributed by atoms with Gasteiger partial charge in [-0.05, 0) is 41.3 Å². The lowest BCUT2D eigenvalue weighted by molar-refractivity contribution is -0.129. The minimum absolute atomic E-state index is 0.0627. The number of fused-ring (bicyclic) bond motifs is 1. The van der Waals surface area contributed by atoms with Gasteiger partial charge in [0.25, 0.3) is 5.91 Å². The average Bonchev–Trinajstić information content (AvgIpc) is 3.26. The van der Waals surface area contributed by atoms with Crippen LogP contribution in [0.3, 0.4) is 0 Å². The second kappa shape index (κ2) is 8.83. The fourth-order valence-corrected chi connectivity index (χ4v) is 6.26. The van der Waals surface area contributed by atoms with Crippen LogP contribution in [0.5, 0.6) is 0 Å². The molecular weight excluding hydrogens is 416 g/mol. The number of hydrogen-bond acceptors (Lipinski definition) is 3. The normalized spacial score (nSPS) is 18.0. The molecule has 0 aliphatic carbocycles. The van der Waals surface area contributed by atoms with Gasteiger partial charge in [0.15, 0.2) is 0 Å². The van der Waals surface area contributed by atoms with Gasteiger partial charge in [0, 0.05) is 37.0 Å². The highest BCUT2D eigenvalue weighted by molar-refractivity contribution is 8.00. The number of rotatable bonds is 3. The van der Waals surface area contributed by atoms with Crippen LogP contribution in [-0.2, 0) is 4.79 Å². The molecule has 3 aromatic rings. The molecule has 5 heteroatoms. The minimum atomic E-state index is -0.201. The molecule has 1 spiro atoms. The lowest BCUT2D eigenvalue weighted by atomic mass is 9.99. The number of piperidine rings is 1. The molecule has 32 heavy (non-hydrogen) atoms. The van der Waals surface area contributed by atoms with E-state index in [0.29, 0.717) is 13.1 Å². The molecule has 0 unspecified atom stereocenters. The molecule has 0 aromatic heterocycles. The molecule has 0 saturated carbocycles. The molecule has 0 radical (unpaired) electrons. The van der Waals surface area contributed by atoms with Gasteiger partial charge in [0.1, 0.15) is 0 Å². The first-order valence-corrected chi connectivity index (χ1v) is 12.1. The summed E-state index contributed by atoms with van der Waals surface area (Å²) in [5.41, 5.74) is 1.79. The van der Waals surface area contributed by atoms with Gasteiger partial charge in [0.2, 0.25) is 5.91 Å². The Kier molecular flexibility index (Phi) is 5.75. The average molecular weight is 443 g/mol. The smallest absolute Gasteiger partial charge is 0.254 e. The Morgan fingerprint density at radius 3 is 2.38 bits per heavy atom. The molecule has 2 fully saturated rings. The van der Waals surface area contributed by atoms with Gasteiger partial charge in [-0.25, -0.2) is 0 Å². The molecule has 3 aromatic carbocycles. The van der Waals surface area contributed by atoms with Crippen LogP contribution in [-0.4, -0.2) is 51.9 Å². The molecule has 162 valence electrons. The molecule has 0 bridgehead atoms. The fraction of sp³-hybridized carbons (Fsp3) is 0.259. The number of hydrogen-bond donors (Lipinski definition) is 0.